The van der Waals surface area contributed by atoms with Crippen LogP contribution in [0.2, 0.25) is 0 Å². The number of carboxylic acids is 1. The Balaban J connectivity index is 1.77. The zero-order valence-electron chi connectivity index (χ0n) is 13.3. The van der Waals surface area contributed by atoms with Gasteiger partial charge < -0.3 is 5.11 Å². The second-order valence-corrected chi connectivity index (χ2v) is 9.49. The summed E-state index contributed by atoms with van der Waals surface area (Å²) in [5.41, 5.74) is 1.000. The Hall–Kier alpha value is -1.29. The van der Waals surface area contributed by atoms with Gasteiger partial charge in [0.1, 0.15) is 0 Å². The number of rotatable bonds is 5. The van der Waals surface area contributed by atoms with Crippen molar-refractivity contribution < 1.29 is 23.1 Å². The maximum absolute atomic E-state index is 12.1. The van der Waals surface area contributed by atoms with Crippen molar-refractivity contribution in [3.8, 4) is 0 Å². The molecule has 3 heterocycles. The number of carbonyl (C=O) groups is 2. The van der Waals surface area contributed by atoms with Crippen LogP contribution in [0.4, 0.5) is 0 Å². The monoisotopic (exact) mass is 372 g/mol. The smallest absolute Gasteiger partial charge is 0.317 e. The topological polar surface area (TPSA) is 95.0 Å². The van der Waals surface area contributed by atoms with Crippen molar-refractivity contribution in [1.82, 2.24) is 9.80 Å². The summed E-state index contributed by atoms with van der Waals surface area (Å²) < 4.78 is 24.2. The van der Waals surface area contributed by atoms with Crippen molar-refractivity contribution in [2.75, 3.05) is 31.1 Å². The van der Waals surface area contributed by atoms with E-state index in [0.717, 1.165) is 5.56 Å². The van der Waals surface area contributed by atoms with Gasteiger partial charge in [-0.2, -0.15) is 0 Å². The van der Waals surface area contributed by atoms with Gasteiger partial charge in [-0.15, -0.1) is 11.3 Å². The summed E-state index contributed by atoms with van der Waals surface area (Å²) in [6, 6.07) is 1.39. The Labute approximate surface area is 144 Å². The van der Waals surface area contributed by atoms with Gasteiger partial charge in [-0.1, -0.05) is 0 Å². The fourth-order valence-corrected chi connectivity index (χ4v) is 6.39. The molecule has 1 aromatic heterocycles. The Morgan fingerprint density at radius 1 is 1.25 bits per heavy atom. The van der Waals surface area contributed by atoms with E-state index in [4.69, 9.17) is 5.11 Å². The van der Waals surface area contributed by atoms with E-state index in [9.17, 15) is 18.0 Å². The zero-order valence-corrected chi connectivity index (χ0v) is 15.0. The first-order valence-electron chi connectivity index (χ1n) is 7.74. The molecule has 0 aliphatic carbocycles. The minimum atomic E-state index is -3.16. The number of fused-ring (bicyclic) bond motifs is 1. The summed E-state index contributed by atoms with van der Waals surface area (Å²) in [7, 11) is -3.16. The molecule has 0 aromatic carbocycles. The summed E-state index contributed by atoms with van der Waals surface area (Å²) in [5.74, 6) is -0.823. The van der Waals surface area contributed by atoms with E-state index in [0.29, 0.717) is 24.5 Å². The number of Topliss-reactive ketones (excluding diaryl/α,β-unsaturated/α-hetero) is 1. The van der Waals surface area contributed by atoms with Crippen LogP contribution in [-0.4, -0.2) is 78.3 Å². The summed E-state index contributed by atoms with van der Waals surface area (Å²) in [5, 5.41) is 11.0. The number of aliphatic carboxylic acids is 1. The van der Waals surface area contributed by atoms with Crippen LogP contribution in [0.5, 0.6) is 0 Å². The van der Waals surface area contributed by atoms with Gasteiger partial charge in [-0.25, -0.2) is 8.42 Å². The molecule has 0 amide bonds. The lowest BCUT2D eigenvalue weighted by Crippen LogP contribution is -2.59. The number of hydrogen-bond donors (Lipinski definition) is 1. The van der Waals surface area contributed by atoms with E-state index in [1.54, 1.807) is 4.90 Å². The summed E-state index contributed by atoms with van der Waals surface area (Å²) in [6.07, 6.45) is 0. The Bertz CT molecular complexity index is 758. The Morgan fingerprint density at radius 3 is 2.46 bits per heavy atom. The molecule has 2 aliphatic rings. The number of sulfone groups is 1. The molecule has 1 N–H and O–H groups in total. The number of nitrogens with zero attached hydrogens (tertiary/aromatic N) is 2. The van der Waals surface area contributed by atoms with Crippen LogP contribution in [0.1, 0.15) is 22.2 Å². The molecule has 0 unspecified atom stereocenters. The highest BCUT2D eigenvalue weighted by molar-refractivity contribution is 7.91. The molecule has 132 valence electrons. The van der Waals surface area contributed by atoms with Gasteiger partial charge in [0.05, 0.1) is 22.9 Å². The lowest BCUT2D eigenvalue weighted by Gasteiger charge is -2.43. The predicted molar refractivity (Wildman–Crippen MR) is 90.2 cm³/mol. The van der Waals surface area contributed by atoms with E-state index < -0.39 is 15.8 Å². The molecule has 1 aromatic rings. The number of piperazine rings is 1. The van der Waals surface area contributed by atoms with Crippen LogP contribution < -0.4 is 0 Å². The molecule has 0 saturated carbocycles. The standard InChI is InChI=1S/C15H20N2O5S2/c1-10(18)14-4-11(7-23-14)5-16-2-3-17(6-15(19)20)13-9-24(21,22)8-12(13)16/h4,7,12-13H,2-3,5-6,8-9H2,1H3,(H,19,20)/t12-,13+/m0/s1. The van der Waals surface area contributed by atoms with Crippen LogP contribution in [0.3, 0.4) is 0 Å². The zero-order chi connectivity index (χ0) is 17.5. The third kappa shape index (κ3) is 3.69. The highest BCUT2D eigenvalue weighted by Gasteiger charge is 2.46. The van der Waals surface area contributed by atoms with E-state index in [-0.39, 0.29) is 35.9 Å². The van der Waals surface area contributed by atoms with Crippen molar-refractivity contribution in [1.29, 1.82) is 0 Å². The van der Waals surface area contributed by atoms with Crippen molar-refractivity contribution >= 4 is 32.9 Å². The minimum absolute atomic E-state index is 0.0176. The SMILES string of the molecule is CC(=O)c1cc(CN2CCN(CC(=O)O)[C@@H]3CS(=O)(=O)C[C@@H]32)cs1. The van der Waals surface area contributed by atoms with E-state index in [1.165, 1.54) is 18.3 Å². The number of carbonyl (C=O) groups excluding carboxylic acids is 1. The molecule has 0 radical (unpaired) electrons. The van der Waals surface area contributed by atoms with E-state index >= 15 is 0 Å². The summed E-state index contributed by atoms with van der Waals surface area (Å²) >= 11 is 1.40. The number of ketones is 1. The van der Waals surface area contributed by atoms with E-state index in [1.807, 2.05) is 11.4 Å². The van der Waals surface area contributed by atoms with Crippen molar-refractivity contribution in [2.45, 2.75) is 25.6 Å². The second kappa shape index (κ2) is 6.55. The molecule has 9 heteroatoms. The molecule has 0 spiro atoms. The second-order valence-electron chi connectivity index (χ2n) is 6.42. The lowest BCUT2D eigenvalue weighted by atomic mass is 10.0. The lowest BCUT2D eigenvalue weighted by molar-refractivity contribution is -0.139. The minimum Gasteiger partial charge on any atom is -0.480 e. The quantitative estimate of drug-likeness (QED) is 0.744. The summed E-state index contributed by atoms with van der Waals surface area (Å²) in [4.78, 5) is 27.0. The molecule has 7 nitrogen and oxygen atoms in total. The average molecular weight is 372 g/mol. The van der Waals surface area contributed by atoms with Crippen LogP contribution in [0, 0.1) is 0 Å². The largest absolute Gasteiger partial charge is 0.480 e. The average Bonchev–Trinajstić information content (AvgIpc) is 3.05. The number of hydrogen-bond acceptors (Lipinski definition) is 7. The first-order chi connectivity index (χ1) is 11.2. The van der Waals surface area contributed by atoms with Crippen LogP contribution >= 0.6 is 11.3 Å². The van der Waals surface area contributed by atoms with E-state index in [2.05, 4.69) is 4.90 Å². The fourth-order valence-electron chi connectivity index (χ4n) is 3.54. The van der Waals surface area contributed by atoms with Crippen LogP contribution in [0.25, 0.3) is 0 Å². The van der Waals surface area contributed by atoms with Gasteiger partial charge in [-0.05, 0) is 23.9 Å². The maximum atomic E-state index is 12.1. The fraction of sp³-hybridized carbons (Fsp3) is 0.600. The molecule has 3 rings (SSSR count). The third-order valence-corrected chi connectivity index (χ3v) is 7.41. The molecular weight excluding hydrogens is 352 g/mol. The van der Waals surface area contributed by atoms with Gasteiger partial charge >= 0.3 is 5.97 Å². The molecule has 24 heavy (non-hydrogen) atoms. The maximum Gasteiger partial charge on any atom is 0.317 e. The van der Waals surface area contributed by atoms with Crippen LogP contribution in [-0.2, 0) is 21.2 Å². The highest BCUT2D eigenvalue weighted by Crippen LogP contribution is 2.29. The first-order valence-corrected chi connectivity index (χ1v) is 10.4. The number of carboxylic acid groups (broad SMARTS) is 1. The van der Waals surface area contributed by atoms with Gasteiger partial charge in [0.25, 0.3) is 0 Å². The first kappa shape index (κ1) is 17.5. The van der Waals surface area contributed by atoms with Gasteiger partial charge in [0.15, 0.2) is 15.6 Å². The summed E-state index contributed by atoms with van der Waals surface area (Å²) in [6.45, 7) is 3.14. The van der Waals surface area contributed by atoms with Crippen molar-refractivity contribution in [3.05, 3.63) is 21.9 Å². The molecule has 0 bridgehead atoms. The molecule has 2 aliphatic heterocycles. The molecular formula is C15H20N2O5S2. The van der Waals surface area contributed by atoms with Gasteiger partial charge in [0.2, 0.25) is 0 Å². The molecule has 2 atom stereocenters. The normalized spacial score (nSPS) is 27.0. The Morgan fingerprint density at radius 2 is 1.88 bits per heavy atom. The van der Waals surface area contributed by atoms with Crippen molar-refractivity contribution in [2.24, 2.45) is 0 Å². The van der Waals surface area contributed by atoms with Crippen molar-refractivity contribution in [3.63, 3.8) is 0 Å². The van der Waals surface area contributed by atoms with Gasteiger partial charge in [0, 0.05) is 31.7 Å². The third-order valence-electron chi connectivity index (χ3n) is 4.63. The van der Waals surface area contributed by atoms with Gasteiger partial charge in [-0.3, -0.25) is 19.4 Å². The molecule has 2 saturated heterocycles. The Kier molecular flexibility index (Phi) is 4.78. The predicted octanol–water partition coefficient (Wildman–Crippen LogP) is 0.319. The van der Waals surface area contributed by atoms with Crippen LogP contribution in [0.15, 0.2) is 11.4 Å². The highest BCUT2D eigenvalue weighted by atomic mass is 32.2. The number of thiophene rings is 1. The molecule has 2 fully saturated rings.